The Balaban J connectivity index is 1.82. The molecule has 8 heteroatoms. The number of benzene rings is 2. The number of anilines is 1. The molecule has 0 bridgehead atoms. The van der Waals surface area contributed by atoms with Gasteiger partial charge in [-0.3, -0.25) is 4.79 Å². The molecule has 0 aliphatic carbocycles. The molecular weight excluding hydrogens is 377 g/mol. The van der Waals surface area contributed by atoms with Gasteiger partial charge < -0.3 is 5.32 Å². The van der Waals surface area contributed by atoms with Crippen LogP contribution in [0.4, 0.5) is 5.69 Å². The number of carbonyl (C=O) groups is 1. The SMILES string of the molecule is O=C(/C=C/c1ccc(Cl)cc1Cl)Nc1c(Cl)ccc2nsnc12. The summed E-state index contributed by atoms with van der Waals surface area (Å²) in [5, 5.41) is 4.11. The highest BCUT2D eigenvalue weighted by atomic mass is 35.5. The summed E-state index contributed by atoms with van der Waals surface area (Å²) in [6.45, 7) is 0. The lowest BCUT2D eigenvalue weighted by molar-refractivity contribution is -0.111. The molecule has 3 rings (SSSR count). The summed E-state index contributed by atoms with van der Waals surface area (Å²) in [7, 11) is 0. The number of carbonyl (C=O) groups excluding carboxylic acids is 1. The van der Waals surface area contributed by atoms with E-state index >= 15 is 0 Å². The molecule has 0 radical (unpaired) electrons. The minimum Gasteiger partial charge on any atom is -0.319 e. The van der Waals surface area contributed by atoms with Crippen molar-refractivity contribution in [3.63, 3.8) is 0 Å². The molecule has 0 unspecified atom stereocenters. The number of nitrogens with zero attached hydrogens (tertiary/aromatic N) is 2. The van der Waals surface area contributed by atoms with Crippen molar-refractivity contribution in [2.45, 2.75) is 0 Å². The van der Waals surface area contributed by atoms with Crippen LogP contribution in [0.2, 0.25) is 15.1 Å². The second-order valence-corrected chi connectivity index (χ2v) is 6.32. The van der Waals surface area contributed by atoms with Crippen LogP contribution in [0, 0.1) is 0 Å². The smallest absolute Gasteiger partial charge is 0.248 e. The van der Waals surface area contributed by atoms with Crippen LogP contribution in [0.3, 0.4) is 0 Å². The van der Waals surface area contributed by atoms with Gasteiger partial charge in [-0.05, 0) is 35.9 Å². The molecule has 0 aliphatic rings. The van der Waals surface area contributed by atoms with Gasteiger partial charge in [0, 0.05) is 16.1 Å². The largest absolute Gasteiger partial charge is 0.319 e. The monoisotopic (exact) mass is 383 g/mol. The minimum atomic E-state index is -0.349. The normalized spacial score (nSPS) is 11.3. The Hall–Kier alpha value is -1.66. The summed E-state index contributed by atoms with van der Waals surface area (Å²) in [6, 6.07) is 8.45. The Labute approximate surface area is 151 Å². The Morgan fingerprint density at radius 2 is 1.91 bits per heavy atom. The predicted octanol–water partition coefficient (Wildman–Crippen LogP) is 5.30. The number of rotatable bonds is 3. The molecule has 116 valence electrons. The first-order valence-electron chi connectivity index (χ1n) is 6.39. The van der Waals surface area contributed by atoms with E-state index in [0.717, 1.165) is 11.7 Å². The Bertz CT molecular complexity index is 923. The van der Waals surface area contributed by atoms with Gasteiger partial charge in [-0.1, -0.05) is 40.9 Å². The molecule has 2 aromatic carbocycles. The van der Waals surface area contributed by atoms with Crippen LogP contribution < -0.4 is 5.32 Å². The second-order valence-electron chi connectivity index (χ2n) is 4.54. The van der Waals surface area contributed by atoms with E-state index in [-0.39, 0.29) is 5.91 Å². The fourth-order valence-electron chi connectivity index (χ4n) is 1.91. The lowest BCUT2D eigenvalue weighted by Crippen LogP contribution is -2.08. The van der Waals surface area contributed by atoms with E-state index in [2.05, 4.69) is 14.1 Å². The van der Waals surface area contributed by atoms with Crippen molar-refractivity contribution in [1.82, 2.24) is 8.75 Å². The van der Waals surface area contributed by atoms with Crippen molar-refractivity contribution in [2.75, 3.05) is 5.32 Å². The fraction of sp³-hybridized carbons (Fsp3) is 0. The highest BCUT2D eigenvalue weighted by Gasteiger charge is 2.11. The van der Waals surface area contributed by atoms with Crippen molar-refractivity contribution < 1.29 is 4.79 Å². The zero-order chi connectivity index (χ0) is 16.4. The number of hydrogen-bond acceptors (Lipinski definition) is 4. The van der Waals surface area contributed by atoms with Gasteiger partial charge in [-0.15, -0.1) is 0 Å². The van der Waals surface area contributed by atoms with Crippen molar-refractivity contribution in [3.8, 4) is 0 Å². The summed E-state index contributed by atoms with van der Waals surface area (Å²) in [6.07, 6.45) is 2.96. The molecule has 0 fully saturated rings. The molecule has 4 nitrogen and oxygen atoms in total. The maximum absolute atomic E-state index is 12.1. The van der Waals surface area contributed by atoms with Crippen LogP contribution in [0.25, 0.3) is 17.1 Å². The molecule has 0 aliphatic heterocycles. The molecular formula is C15H8Cl3N3OS. The van der Waals surface area contributed by atoms with Gasteiger partial charge in [-0.25, -0.2) is 0 Å². The zero-order valence-electron chi connectivity index (χ0n) is 11.4. The van der Waals surface area contributed by atoms with Crippen molar-refractivity contribution in [3.05, 3.63) is 57.0 Å². The van der Waals surface area contributed by atoms with E-state index < -0.39 is 0 Å². The number of hydrogen-bond donors (Lipinski definition) is 1. The molecule has 0 atom stereocenters. The van der Waals surface area contributed by atoms with Crippen LogP contribution in [-0.2, 0) is 4.79 Å². The van der Waals surface area contributed by atoms with Crippen molar-refractivity contribution in [1.29, 1.82) is 0 Å². The van der Waals surface area contributed by atoms with Gasteiger partial charge in [0.25, 0.3) is 0 Å². The fourth-order valence-corrected chi connectivity index (χ4v) is 3.13. The number of halogens is 3. The van der Waals surface area contributed by atoms with Gasteiger partial charge in [-0.2, -0.15) is 8.75 Å². The second kappa shape index (κ2) is 6.84. The van der Waals surface area contributed by atoms with Gasteiger partial charge >= 0.3 is 0 Å². The third-order valence-corrected chi connectivity index (χ3v) is 4.42. The van der Waals surface area contributed by atoms with E-state index in [0.29, 0.717) is 37.4 Å². The third kappa shape index (κ3) is 3.64. The summed E-state index contributed by atoms with van der Waals surface area (Å²) in [4.78, 5) is 12.1. The lowest BCUT2D eigenvalue weighted by atomic mass is 10.2. The third-order valence-electron chi connectivity index (χ3n) is 3.00. The molecule has 0 saturated heterocycles. The summed E-state index contributed by atoms with van der Waals surface area (Å²) >= 11 is 19.1. The van der Waals surface area contributed by atoms with E-state index in [9.17, 15) is 4.79 Å². The number of fused-ring (bicyclic) bond motifs is 1. The minimum absolute atomic E-state index is 0.349. The Kier molecular flexibility index (Phi) is 4.82. The Morgan fingerprint density at radius 3 is 2.70 bits per heavy atom. The quantitative estimate of drug-likeness (QED) is 0.623. The van der Waals surface area contributed by atoms with Crippen molar-refractivity contribution >= 4 is 75.2 Å². The van der Waals surface area contributed by atoms with Crippen LogP contribution in [0.1, 0.15) is 5.56 Å². The number of aromatic nitrogens is 2. The van der Waals surface area contributed by atoms with Gasteiger partial charge in [0.15, 0.2) is 0 Å². The molecule has 0 spiro atoms. The lowest BCUT2D eigenvalue weighted by Gasteiger charge is -2.05. The van der Waals surface area contributed by atoms with Crippen molar-refractivity contribution in [2.24, 2.45) is 0 Å². The first-order valence-corrected chi connectivity index (χ1v) is 8.26. The average Bonchev–Trinajstić information content (AvgIpc) is 2.98. The maximum Gasteiger partial charge on any atom is 0.248 e. The summed E-state index contributed by atoms with van der Waals surface area (Å²) < 4.78 is 8.26. The van der Waals surface area contributed by atoms with Gasteiger partial charge in [0.05, 0.1) is 22.4 Å². The van der Waals surface area contributed by atoms with E-state index in [4.69, 9.17) is 34.8 Å². The standard InChI is InChI=1S/C15H8Cl3N3OS/c16-9-3-1-8(11(18)7-9)2-6-13(22)19-14-10(17)4-5-12-15(14)21-23-20-12/h1-7H,(H,19,22)/b6-2+. The predicted molar refractivity (Wildman–Crippen MR) is 96.6 cm³/mol. The molecule has 1 aromatic heterocycles. The maximum atomic E-state index is 12.1. The van der Waals surface area contributed by atoms with Gasteiger partial charge in [0.2, 0.25) is 5.91 Å². The van der Waals surface area contributed by atoms with Crippen LogP contribution >= 0.6 is 46.5 Å². The van der Waals surface area contributed by atoms with E-state index in [1.54, 1.807) is 36.4 Å². The molecule has 1 heterocycles. The van der Waals surface area contributed by atoms with E-state index in [1.807, 2.05) is 0 Å². The first-order chi connectivity index (χ1) is 11.0. The molecule has 1 amide bonds. The topological polar surface area (TPSA) is 54.9 Å². The zero-order valence-corrected chi connectivity index (χ0v) is 14.5. The molecule has 3 aromatic rings. The van der Waals surface area contributed by atoms with Gasteiger partial charge in [0.1, 0.15) is 11.0 Å². The van der Waals surface area contributed by atoms with Crippen LogP contribution in [0.15, 0.2) is 36.4 Å². The van der Waals surface area contributed by atoms with Crippen LogP contribution in [0.5, 0.6) is 0 Å². The molecule has 23 heavy (non-hydrogen) atoms. The summed E-state index contributed by atoms with van der Waals surface area (Å²) in [5.41, 5.74) is 2.37. The highest BCUT2D eigenvalue weighted by Crippen LogP contribution is 2.30. The number of nitrogens with one attached hydrogen (secondary N) is 1. The van der Waals surface area contributed by atoms with Crippen LogP contribution in [-0.4, -0.2) is 14.7 Å². The average molecular weight is 385 g/mol. The summed E-state index contributed by atoms with van der Waals surface area (Å²) in [5.74, 6) is -0.349. The number of amides is 1. The molecule has 0 saturated carbocycles. The van der Waals surface area contributed by atoms with E-state index in [1.165, 1.54) is 6.08 Å². The molecule has 1 N–H and O–H groups in total. The first kappa shape index (κ1) is 16.2. The highest BCUT2D eigenvalue weighted by molar-refractivity contribution is 7.00. The Morgan fingerprint density at radius 1 is 1.09 bits per heavy atom.